The minimum Gasteiger partial charge on any atom is -0.290 e. The van der Waals surface area contributed by atoms with Gasteiger partial charge in [-0.15, -0.1) is 0 Å². The van der Waals surface area contributed by atoms with Crippen LogP contribution in [0.5, 0.6) is 0 Å². The summed E-state index contributed by atoms with van der Waals surface area (Å²) in [4.78, 5) is 17.1. The lowest BCUT2D eigenvalue weighted by Gasteiger charge is -2.05. The lowest BCUT2D eigenvalue weighted by atomic mass is 10.2. The molecule has 32 heavy (non-hydrogen) atoms. The van der Waals surface area contributed by atoms with E-state index in [9.17, 15) is 9.18 Å². The van der Waals surface area contributed by atoms with E-state index < -0.39 is 0 Å². The number of carbonyl (C=O) groups excluding carboxylic acids is 1. The van der Waals surface area contributed by atoms with Crippen LogP contribution in [0.25, 0.3) is 11.3 Å². The number of rotatable bonds is 5. The van der Waals surface area contributed by atoms with Gasteiger partial charge in [0.25, 0.3) is 5.91 Å². The molecule has 1 heterocycles. The Bertz CT molecular complexity index is 1300. The smallest absolute Gasteiger partial charge is 0.258 e. The number of hydrogen-bond donors (Lipinski definition) is 1. The van der Waals surface area contributed by atoms with E-state index in [0.717, 1.165) is 0 Å². The Hall–Kier alpha value is -3.19. The van der Waals surface area contributed by atoms with Crippen LogP contribution in [0.15, 0.2) is 78.0 Å². The summed E-state index contributed by atoms with van der Waals surface area (Å²) in [7, 11) is 0. The van der Waals surface area contributed by atoms with E-state index in [4.69, 9.17) is 34.8 Å². The molecule has 1 amide bonds. The zero-order chi connectivity index (χ0) is 22.7. The molecule has 160 valence electrons. The van der Waals surface area contributed by atoms with Gasteiger partial charge in [-0.05, 0) is 60.7 Å². The minimum absolute atomic E-state index is 0.172. The van der Waals surface area contributed by atoms with Gasteiger partial charge in [0, 0.05) is 26.7 Å². The number of anilines is 1. The highest BCUT2D eigenvalue weighted by Crippen LogP contribution is 2.23. The Kier molecular flexibility index (Phi) is 6.55. The van der Waals surface area contributed by atoms with Gasteiger partial charge in [-0.25, -0.2) is 14.1 Å². The van der Waals surface area contributed by atoms with E-state index in [1.807, 2.05) is 0 Å². The van der Waals surface area contributed by atoms with Crippen LogP contribution < -0.4 is 5.32 Å². The molecule has 0 aliphatic rings. The van der Waals surface area contributed by atoms with Gasteiger partial charge in [0.1, 0.15) is 5.82 Å². The van der Waals surface area contributed by atoms with Crippen LogP contribution in [0.3, 0.4) is 0 Å². The van der Waals surface area contributed by atoms with Crippen molar-refractivity contribution >= 4 is 52.9 Å². The largest absolute Gasteiger partial charge is 0.290 e. The van der Waals surface area contributed by atoms with Gasteiger partial charge < -0.3 is 0 Å². The van der Waals surface area contributed by atoms with Gasteiger partial charge in [-0.3, -0.25) is 10.1 Å². The number of carbonyl (C=O) groups is 1. The average molecular weight is 488 g/mol. The molecule has 4 aromatic rings. The van der Waals surface area contributed by atoms with Crippen molar-refractivity contribution in [2.75, 3.05) is 5.32 Å². The fraction of sp³-hybridized carbons (Fsp3) is 0. The summed E-state index contributed by atoms with van der Waals surface area (Å²) in [5, 5.41) is 8.57. The Morgan fingerprint density at radius 3 is 2.34 bits per heavy atom. The van der Waals surface area contributed by atoms with Crippen LogP contribution in [-0.2, 0) is 0 Å². The van der Waals surface area contributed by atoms with Crippen molar-refractivity contribution in [3.63, 3.8) is 0 Å². The first-order valence-corrected chi connectivity index (χ1v) is 10.4. The van der Waals surface area contributed by atoms with Gasteiger partial charge in [0.15, 0.2) is 0 Å². The quantitative estimate of drug-likeness (QED) is 0.315. The molecule has 3 aromatic carbocycles. The predicted molar refractivity (Wildman–Crippen MR) is 126 cm³/mol. The minimum atomic E-state index is -0.390. The second-order valence-electron chi connectivity index (χ2n) is 6.67. The molecule has 4 rings (SSSR count). The lowest BCUT2D eigenvalue weighted by molar-refractivity contribution is 0.102. The van der Waals surface area contributed by atoms with Gasteiger partial charge in [0.2, 0.25) is 5.95 Å². The van der Waals surface area contributed by atoms with E-state index in [1.54, 1.807) is 60.8 Å². The third kappa shape index (κ3) is 5.16. The third-order valence-electron chi connectivity index (χ3n) is 4.44. The standard InChI is InChI=1S/C23H14Cl3FN4O/c24-17-6-1-15(2-7-17)22(32)30-23-29-21(14-4-9-19(27)10-5-14)13-31(23)28-12-16-3-8-18(25)11-20(16)26/h1-13H,(H,29,30,32). The fourth-order valence-electron chi connectivity index (χ4n) is 2.81. The molecule has 0 saturated carbocycles. The van der Waals surface area contributed by atoms with Crippen molar-refractivity contribution in [3.05, 3.63) is 105 Å². The molecule has 5 nitrogen and oxygen atoms in total. The summed E-state index contributed by atoms with van der Waals surface area (Å²) in [6.07, 6.45) is 3.14. The van der Waals surface area contributed by atoms with Gasteiger partial charge in [0.05, 0.1) is 23.1 Å². The molecule has 9 heteroatoms. The highest BCUT2D eigenvalue weighted by atomic mass is 35.5. The molecular formula is C23H14Cl3FN4O. The highest BCUT2D eigenvalue weighted by Gasteiger charge is 2.14. The van der Waals surface area contributed by atoms with Crippen molar-refractivity contribution in [1.82, 2.24) is 9.66 Å². The van der Waals surface area contributed by atoms with Crippen LogP contribution >= 0.6 is 34.8 Å². The maximum Gasteiger partial charge on any atom is 0.258 e. The second-order valence-corrected chi connectivity index (χ2v) is 7.95. The Morgan fingerprint density at radius 2 is 1.66 bits per heavy atom. The van der Waals surface area contributed by atoms with E-state index in [0.29, 0.717) is 37.5 Å². The molecule has 0 unspecified atom stereocenters. The maximum atomic E-state index is 13.3. The van der Waals surface area contributed by atoms with Crippen molar-refractivity contribution in [1.29, 1.82) is 0 Å². The third-order valence-corrected chi connectivity index (χ3v) is 5.26. The van der Waals surface area contributed by atoms with E-state index in [1.165, 1.54) is 23.0 Å². The number of hydrogen-bond acceptors (Lipinski definition) is 3. The lowest BCUT2D eigenvalue weighted by Crippen LogP contribution is -2.14. The van der Waals surface area contributed by atoms with Crippen LogP contribution in [0.4, 0.5) is 10.3 Å². The number of halogens is 4. The first kappa shape index (κ1) is 22.0. The Morgan fingerprint density at radius 1 is 0.969 bits per heavy atom. The zero-order valence-electron chi connectivity index (χ0n) is 16.3. The topological polar surface area (TPSA) is 59.3 Å². The molecule has 0 bridgehead atoms. The molecule has 0 atom stereocenters. The number of amides is 1. The van der Waals surface area contributed by atoms with Crippen LogP contribution in [0.1, 0.15) is 15.9 Å². The molecular weight excluding hydrogens is 474 g/mol. The first-order chi connectivity index (χ1) is 15.4. The van der Waals surface area contributed by atoms with Crippen LogP contribution in [0, 0.1) is 5.82 Å². The van der Waals surface area contributed by atoms with Crippen molar-refractivity contribution in [2.45, 2.75) is 0 Å². The summed E-state index contributed by atoms with van der Waals surface area (Å²) >= 11 is 18.0. The molecule has 0 spiro atoms. The zero-order valence-corrected chi connectivity index (χ0v) is 18.5. The first-order valence-electron chi connectivity index (χ1n) is 9.31. The average Bonchev–Trinajstić information content (AvgIpc) is 3.16. The molecule has 0 aliphatic carbocycles. The van der Waals surface area contributed by atoms with E-state index in [-0.39, 0.29) is 17.7 Å². The van der Waals surface area contributed by atoms with E-state index >= 15 is 0 Å². The molecule has 0 saturated heterocycles. The Labute approximate surface area is 198 Å². The predicted octanol–water partition coefficient (Wildman–Crippen LogP) is 6.78. The van der Waals surface area contributed by atoms with Crippen molar-refractivity contribution in [3.8, 4) is 11.3 Å². The number of imidazole rings is 1. The highest BCUT2D eigenvalue weighted by molar-refractivity contribution is 6.36. The van der Waals surface area contributed by atoms with Crippen molar-refractivity contribution < 1.29 is 9.18 Å². The summed E-state index contributed by atoms with van der Waals surface area (Å²) in [5.41, 5.74) is 2.18. The molecule has 1 N–H and O–H groups in total. The fourth-order valence-corrected chi connectivity index (χ4v) is 3.39. The SMILES string of the molecule is O=C(Nc1nc(-c2ccc(F)cc2)cn1N=Cc1ccc(Cl)cc1Cl)c1ccc(Cl)cc1. The molecule has 1 aromatic heterocycles. The normalized spacial score (nSPS) is 11.1. The van der Waals surface area contributed by atoms with Crippen molar-refractivity contribution in [2.24, 2.45) is 5.10 Å². The van der Waals surface area contributed by atoms with E-state index in [2.05, 4.69) is 15.4 Å². The number of nitrogens with zero attached hydrogens (tertiary/aromatic N) is 3. The molecule has 0 aliphatic heterocycles. The maximum absolute atomic E-state index is 13.3. The molecule has 0 fully saturated rings. The van der Waals surface area contributed by atoms with Gasteiger partial charge in [-0.2, -0.15) is 5.10 Å². The van der Waals surface area contributed by atoms with Crippen LogP contribution in [0.2, 0.25) is 15.1 Å². The Balaban J connectivity index is 1.69. The summed E-state index contributed by atoms with van der Waals surface area (Å²) < 4.78 is 14.7. The number of benzene rings is 3. The van der Waals surface area contributed by atoms with Gasteiger partial charge >= 0.3 is 0 Å². The van der Waals surface area contributed by atoms with Gasteiger partial charge in [-0.1, -0.05) is 40.9 Å². The number of nitrogens with one attached hydrogen (secondary N) is 1. The summed E-state index contributed by atoms with van der Waals surface area (Å²) in [6.45, 7) is 0. The van der Waals surface area contributed by atoms with Crippen LogP contribution in [-0.4, -0.2) is 21.8 Å². The summed E-state index contributed by atoms with van der Waals surface area (Å²) in [6, 6.07) is 17.3. The second kappa shape index (κ2) is 9.53. The number of aromatic nitrogens is 2. The monoisotopic (exact) mass is 486 g/mol. The molecule has 0 radical (unpaired) electrons. The summed E-state index contributed by atoms with van der Waals surface area (Å²) in [5.74, 6) is -0.579.